The summed E-state index contributed by atoms with van der Waals surface area (Å²) in [7, 11) is 1.70. The lowest BCUT2D eigenvalue weighted by molar-refractivity contribution is 0.150. The van der Waals surface area contributed by atoms with E-state index in [2.05, 4.69) is 19.2 Å². The van der Waals surface area contributed by atoms with Gasteiger partial charge in [0.15, 0.2) is 0 Å². The van der Waals surface area contributed by atoms with Crippen molar-refractivity contribution in [1.29, 1.82) is 0 Å². The third-order valence-electron chi connectivity index (χ3n) is 2.98. The van der Waals surface area contributed by atoms with Gasteiger partial charge in [0.25, 0.3) is 0 Å². The molecule has 0 unspecified atom stereocenters. The average Bonchev–Trinajstić information content (AvgIpc) is 2.29. The molecule has 0 bridgehead atoms. The van der Waals surface area contributed by atoms with Crippen LogP contribution in [0.15, 0.2) is 18.2 Å². The number of nitrogens with two attached hydrogens (primary N) is 1. The van der Waals surface area contributed by atoms with E-state index in [-0.39, 0.29) is 11.2 Å². The zero-order chi connectivity index (χ0) is 13.6. The van der Waals surface area contributed by atoms with Gasteiger partial charge in [-0.1, -0.05) is 19.9 Å². The zero-order valence-corrected chi connectivity index (χ0v) is 11.4. The maximum Gasteiger partial charge on any atom is 0.129 e. The number of hydrogen-bond acceptors (Lipinski definition) is 3. The van der Waals surface area contributed by atoms with Gasteiger partial charge in [-0.25, -0.2) is 4.39 Å². The molecule has 1 aromatic rings. The van der Waals surface area contributed by atoms with Gasteiger partial charge in [0.05, 0.1) is 0 Å². The predicted molar refractivity (Wildman–Crippen MR) is 72.8 cm³/mol. The Morgan fingerprint density at radius 3 is 2.72 bits per heavy atom. The molecule has 0 atom stereocenters. The van der Waals surface area contributed by atoms with E-state index < -0.39 is 0 Å². The van der Waals surface area contributed by atoms with Crippen molar-refractivity contribution < 1.29 is 9.13 Å². The van der Waals surface area contributed by atoms with Crippen LogP contribution in [-0.2, 0) is 11.3 Å². The summed E-state index contributed by atoms with van der Waals surface area (Å²) in [6, 6.07) is 4.79. The molecule has 3 nitrogen and oxygen atoms in total. The summed E-state index contributed by atoms with van der Waals surface area (Å²) < 4.78 is 18.6. The SMILES string of the molecule is COCCC(C)(C)CNCc1ccc(N)cc1F. The molecule has 18 heavy (non-hydrogen) atoms. The minimum atomic E-state index is -0.253. The van der Waals surface area contributed by atoms with Crippen LogP contribution >= 0.6 is 0 Å². The first-order valence-electron chi connectivity index (χ1n) is 6.18. The van der Waals surface area contributed by atoms with Crippen LogP contribution in [0.5, 0.6) is 0 Å². The van der Waals surface area contributed by atoms with E-state index in [1.54, 1.807) is 19.2 Å². The van der Waals surface area contributed by atoms with Crippen molar-refractivity contribution >= 4 is 5.69 Å². The Balaban J connectivity index is 2.41. The molecule has 0 spiro atoms. The van der Waals surface area contributed by atoms with Crippen LogP contribution in [0.4, 0.5) is 10.1 Å². The smallest absolute Gasteiger partial charge is 0.129 e. The minimum absolute atomic E-state index is 0.139. The topological polar surface area (TPSA) is 47.3 Å². The number of methoxy groups -OCH3 is 1. The number of halogens is 1. The van der Waals surface area contributed by atoms with Gasteiger partial charge in [0.2, 0.25) is 0 Å². The second-order valence-corrected chi connectivity index (χ2v) is 5.36. The molecule has 0 heterocycles. The number of hydrogen-bond donors (Lipinski definition) is 2. The number of anilines is 1. The highest BCUT2D eigenvalue weighted by atomic mass is 19.1. The van der Waals surface area contributed by atoms with Gasteiger partial charge in [-0.15, -0.1) is 0 Å². The predicted octanol–water partition coefficient (Wildman–Crippen LogP) is 2.56. The Morgan fingerprint density at radius 2 is 2.11 bits per heavy atom. The first-order valence-corrected chi connectivity index (χ1v) is 6.18. The van der Waals surface area contributed by atoms with Gasteiger partial charge in [-0.05, 0) is 24.0 Å². The lowest BCUT2D eigenvalue weighted by atomic mass is 9.89. The van der Waals surface area contributed by atoms with Crippen LogP contribution in [0.3, 0.4) is 0 Å². The van der Waals surface area contributed by atoms with Crippen LogP contribution in [0.2, 0.25) is 0 Å². The number of rotatable bonds is 7. The molecular formula is C14H23FN2O. The van der Waals surface area contributed by atoms with Crippen LogP contribution in [-0.4, -0.2) is 20.3 Å². The number of nitrogen functional groups attached to an aromatic ring is 1. The van der Waals surface area contributed by atoms with Crippen LogP contribution in [0.1, 0.15) is 25.8 Å². The van der Waals surface area contributed by atoms with Gasteiger partial charge >= 0.3 is 0 Å². The monoisotopic (exact) mass is 254 g/mol. The molecule has 0 radical (unpaired) electrons. The fourth-order valence-corrected chi connectivity index (χ4v) is 1.71. The Morgan fingerprint density at radius 1 is 1.39 bits per heavy atom. The highest BCUT2D eigenvalue weighted by molar-refractivity contribution is 5.40. The maximum atomic E-state index is 13.5. The van der Waals surface area contributed by atoms with Crippen LogP contribution in [0, 0.1) is 11.2 Å². The summed E-state index contributed by atoms with van der Waals surface area (Å²) in [4.78, 5) is 0. The highest BCUT2D eigenvalue weighted by Gasteiger charge is 2.17. The molecule has 0 amide bonds. The molecule has 0 fully saturated rings. The summed E-state index contributed by atoms with van der Waals surface area (Å²) in [5.41, 5.74) is 6.75. The first-order chi connectivity index (χ1) is 8.44. The number of nitrogens with one attached hydrogen (secondary N) is 1. The molecule has 1 aromatic carbocycles. The third kappa shape index (κ3) is 5.02. The summed E-state index contributed by atoms with van der Waals surface area (Å²) in [6.45, 7) is 6.41. The molecule has 0 aliphatic rings. The fraction of sp³-hybridized carbons (Fsp3) is 0.571. The Labute approximate surface area is 109 Å². The van der Waals surface area contributed by atoms with E-state index in [9.17, 15) is 4.39 Å². The summed E-state index contributed by atoms with van der Waals surface area (Å²) in [5, 5.41) is 3.27. The molecule has 0 aliphatic carbocycles. The van der Waals surface area contributed by atoms with E-state index in [4.69, 9.17) is 10.5 Å². The molecule has 0 saturated carbocycles. The molecule has 1 rings (SSSR count). The van der Waals surface area contributed by atoms with E-state index in [0.29, 0.717) is 17.8 Å². The zero-order valence-electron chi connectivity index (χ0n) is 11.4. The van der Waals surface area contributed by atoms with Crippen molar-refractivity contribution in [3.8, 4) is 0 Å². The molecule has 4 heteroatoms. The maximum absolute atomic E-state index is 13.5. The quantitative estimate of drug-likeness (QED) is 0.735. The van der Waals surface area contributed by atoms with Gasteiger partial charge in [0.1, 0.15) is 5.82 Å². The molecule has 0 aliphatic heterocycles. The van der Waals surface area contributed by atoms with E-state index >= 15 is 0 Å². The van der Waals surface area contributed by atoms with E-state index in [1.807, 2.05) is 0 Å². The summed E-state index contributed by atoms with van der Waals surface area (Å²) in [5.74, 6) is -0.253. The van der Waals surface area contributed by atoms with Gasteiger partial charge in [-0.2, -0.15) is 0 Å². The summed E-state index contributed by atoms with van der Waals surface area (Å²) in [6.07, 6.45) is 0.973. The fourth-order valence-electron chi connectivity index (χ4n) is 1.71. The molecule has 102 valence electrons. The number of benzene rings is 1. The standard InChI is InChI=1S/C14H23FN2O/c1-14(2,6-7-18-3)10-17-9-11-4-5-12(16)8-13(11)15/h4-5,8,17H,6-7,9-10,16H2,1-3H3. The Hall–Kier alpha value is -1.13. The van der Waals surface area contributed by atoms with Crippen molar-refractivity contribution in [3.05, 3.63) is 29.6 Å². The van der Waals surface area contributed by atoms with Gasteiger partial charge in [-0.3, -0.25) is 0 Å². The second-order valence-electron chi connectivity index (χ2n) is 5.36. The summed E-state index contributed by atoms with van der Waals surface area (Å²) >= 11 is 0. The molecule has 0 aromatic heterocycles. The van der Waals surface area contributed by atoms with Crippen molar-refractivity contribution in [2.45, 2.75) is 26.8 Å². The number of ether oxygens (including phenoxy) is 1. The van der Waals surface area contributed by atoms with Crippen molar-refractivity contribution in [3.63, 3.8) is 0 Å². The van der Waals surface area contributed by atoms with Gasteiger partial charge < -0.3 is 15.8 Å². The lowest BCUT2D eigenvalue weighted by Crippen LogP contribution is -2.30. The van der Waals surface area contributed by atoms with Crippen LogP contribution < -0.4 is 11.1 Å². The van der Waals surface area contributed by atoms with Crippen molar-refractivity contribution in [2.24, 2.45) is 5.41 Å². The normalized spacial score (nSPS) is 11.8. The van der Waals surface area contributed by atoms with Gasteiger partial charge in [0, 0.05) is 38.1 Å². The molecular weight excluding hydrogens is 231 g/mol. The van der Waals surface area contributed by atoms with Crippen molar-refractivity contribution in [1.82, 2.24) is 5.32 Å². The lowest BCUT2D eigenvalue weighted by Gasteiger charge is -2.24. The van der Waals surface area contributed by atoms with E-state index in [0.717, 1.165) is 19.6 Å². The Kier molecular flexibility index (Phi) is 5.56. The molecule has 0 saturated heterocycles. The largest absolute Gasteiger partial charge is 0.399 e. The average molecular weight is 254 g/mol. The van der Waals surface area contributed by atoms with Crippen molar-refractivity contribution in [2.75, 3.05) is 26.0 Å². The highest BCUT2D eigenvalue weighted by Crippen LogP contribution is 2.19. The Bertz CT molecular complexity index is 380. The van der Waals surface area contributed by atoms with E-state index in [1.165, 1.54) is 6.07 Å². The molecule has 3 N–H and O–H groups in total. The first kappa shape index (κ1) is 14.9. The minimum Gasteiger partial charge on any atom is -0.399 e. The second kappa shape index (κ2) is 6.71. The third-order valence-corrected chi connectivity index (χ3v) is 2.98. The van der Waals surface area contributed by atoms with Crippen LogP contribution in [0.25, 0.3) is 0 Å².